The van der Waals surface area contributed by atoms with Crippen LogP contribution in [0.25, 0.3) is 0 Å². The molecule has 1 aromatic carbocycles. The minimum atomic E-state index is -4.51. The smallest absolute Gasteiger partial charge is 0.322 e. The number of amides is 1. The van der Waals surface area contributed by atoms with Gasteiger partial charge in [-0.15, -0.1) is 0 Å². The number of carbonyl (C=O) groups excluding carboxylic acids is 1. The highest BCUT2D eigenvalue weighted by molar-refractivity contribution is 7.89. The molecule has 110 valence electrons. The van der Waals surface area contributed by atoms with Gasteiger partial charge in [0.05, 0.1) is 11.3 Å². The van der Waals surface area contributed by atoms with Crippen LogP contribution in [0.3, 0.4) is 0 Å². The van der Waals surface area contributed by atoms with E-state index >= 15 is 0 Å². The van der Waals surface area contributed by atoms with Gasteiger partial charge in [-0.1, -0.05) is 0 Å². The molecule has 1 amide bonds. The second kappa shape index (κ2) is 5.92. The third-order valence-corrected chi connectivity index (χ3v) is 3.60. The summed E-state index contributed by atoms with van der Waals surface area (Å²) in [6, 6.07) is -0.357. The van der Waals surface area contributed by atoms with E-state index in [4.69, 9.17) is 10.8 Å². The Morgan fingerprint density at radius 3 is 2.15 bits per heavy atom. The van der Waals surface area contributed by atoms with Gasteiger partial charge in [-0.2, -0.15) is 4.72 Å². The molecule has 1 aromatic rings. The number of aliphatic carboxylic acids is 1. The van der Waals surface area contributed by atoms with Crippen LogP contribution in [-0.4, -0.2) is 31.4 Å². The molecule has 7 nitrogen and oxygen atoms in total. The molecule has 0 aliphatic carbocycles. The SMILES string of the molecule is NC(=O)C[C@@H](NS(=O)(=O)c1cc(F)cc(F)c1)C(=O)O. The third kappa shape index (κ3) is 4.24. The van der Waals surface area contributed by atoms with Crippen molar-refractivity contribution in [3.63, 3.8) is 0 Å². The number of carboxylic acid groups (broad SMARTS) is 1. The number of carboxylic acids is 1. The van der Waals surface area contributed by atoms with Crippen molar-refractivity contribution in [1.82, 2.24) is 4.72 Å². The quantitative estimate of drug-likeness (QED) is 0.657. The summed E-state index contributed by atoms with van der Waals surface area (Å²) in [5, 5.41) is 8.76. The molecule has 1 atom stereocenters. The molecule has 0 radical (unpaired) electrons. The largest absolute Gasteiger partial charge is 0.480 e. The Morgan fingerprint density at radius 1 is 1.25 bits per heavy atom. The lowest BCUT2D eigenvalue weighted by Gasteiger charge is -2.13. The summed E-state index contributed by atoms with van der Waals surface area (Å²) in [6.45, 7) is 0. The van der Waals surface area contributed by atoms with Crippen molar-refractivity contribution in [2.75, 3.05) is 0 Å². The van der Waals surface area contributed by atoms with Crippen LogP contribution >= 0.6 is 0 Å². The fourth-order valence-corrected chi connectivity index (χ4v) is 2.55. The van der Waals surface area contributed by atoms with Crippen LogP contribution in [0.5, 0.6) is 0 Å². The zero-order valence-corrected chi connectivity index (χ0v) is 10.7. The number of nitrogens with one attached hydrogen (secondary N) is 1. The molecular weight excluding hydrogens is 298 g/mol. The molecule has 0 fully saturated rings. The maximum Gasteiger partial charge on any atom is 0.322 e. The summed E-state index contributed by atoms with van der Waals surface area (Å²) in [7, 11) is -4.51. The second-order valence-corrected chi connectivity index (χ2v) is 5.50. The average Bonchev–Trinajstić information content (AvgIpc) is 2.25. The van der Waals surface area contributed by atoms with E-state index in [1.807, 2.05) is 0 Å². The fraction of sp³-hybridized carbons (Fsp3) is 0.200. The normalized spacial score (nSPS) is 12.9. The van der Waals surface area contributed by atoms with Crippen molar-refractivity contribution >= 4 is 21.9 Å². The van der Waals surface area contributed by atoms with Gasteiger partial charge in [0, 0.05) is 6.07 Å². The zero-order chi connectivity index (χ0) is 15.5. The van der Waals surface area contributed by atoms with Crippen LogP contribution < -0.4 is 10.5 Å². The van der Waals surface area contributed by atoms with Crippen molar-refractivity contribution in [2.24, 2.45) is 5.73 Å². The molecule has 0 bridgehead atoms. The zero-order valence-electron chi connectivity index (χ0n) is 9.84. The van der Waals surface area contributed by atoms with E-state index in [0.717, 1.165) is 0 Å². The standard InChI is InChI=1S/C10H10F2N2O5S/c11-5-1-6(12)3-7(2-5)20(18,19)14-8(10(16)17)4-9(13)15/h1-3,8,14H,4H2,(H2,13,15)(H,16,17)/t8-/m1/s1. The molecular formula is C10H10F2N2O5S. The number of hydrogen-bond donors (Lipinski definition) is 3. The van der Waals surface area contributed by atoms with Gasteiger partial charge in [0.2, 0.25) is 15.9 Å². The van der Waals surface area contributed by atoms with Gasteiger partial charge in [0.25, 0.3) is 0 Å². The lowest BCUT2D eigenvalue weighted by molar-refractivity contribution is -0.140. The molecule has 1 rings (SSSR count). The Kier molecular flexibility index (Phi) is 4.73. The van der Waals surface area contributed by atoms with E-state index in [-0.39, 0.29) is 0 Å². The Bertz CT molecular complexity index is 627. The summed E-state index contributed by atoms with van der Waals surface area (Å²) in [5.74, 6) is -4.99. The molecule has 0 unspecified atom stereocenters. The predicted octanol–water partition coefficient (Wildman–Crippen LogP) is -0.428. The monoisotopic (exact) mass is 308 g/mol. The summed E-state index contributed by atoms with van der Waals surface area (Å²) < 4.78 is 51.1. The summed E-state index contributed by atoms with van der Waals surface area (Å²) in [5.41, 5.74) is 4.78. The molecule has 4 N–H and O–H groups in total. The maximum atomic E-state index is 12.9. The van der Waals surface area contributed by atoms with Crippen LogP contribution in [-0.2, 0) is 19.6 Å². The van der Waals surface area contributed by atoms with Gasteiger partial charge < -0.3 is 10.8 Å². The van der Waals surface area contributed by atoms with Crippen molar-refractivity contribution in [2.45, 2.75) is 17.4 Å². The topological polar surface area (TPSA) is 127 Å². The lowest BCUT2D eigenvalue weighted by atomic mass is 10.2. The van der Waals surface area contributed by atoms with Crippen molar-refractivity contribution < 1.29 is 31.9 Å². The van der Waals surface area contributed by atoms with E-state index in [2.05, 4.69) is 0 Å². The molecule has 0 aliphatic heterocycles. The van der Waals surface area contributed by atoms with Crippen LogP contribution in [0, 0.1) is 11.6 Å². The molecule has 0 saturated heterocycles. The Balaban J connectivity index is 3.09. The van der Waals surface area contributed by atoms with Crippen molar-refractivity contribution in [3.8, 4) is 0 Å². The van der Waals surface area contributed by atoms with Crippen LogP contribution in [0.4, 0.5) is 8.78 Å². The van der Waals surface area contributed by atoms with Gasteiger partial charge in [-0.05, 0) is 12.1 Å². The molecule has 0 spiro atoms. The summed E-state index contributed by atoms with van der Waals surface area (Å²) in [4.78, 5) is 20.6. The highest BCUT2D eigenvalue weighted by Crippen LogP contribution is 2.14. The number of rotatable bonds is 6. The lowest BCUT2D eigenvalue weighted by Crippen LogP contribution is -2.43. The second-order valence-electron chi connectivity index (χ2n) is 3.79. The number of halogens is 2. The molecule has 10 heteroatoms. The number of nitrogens with two attached hydrogens (primary N) is 1. The van der Waals surface area contributed by atoms with E-state index in [1.165, 1.54) is 0 Å². The first-order valence-electron chi connectivity index (χ1n) is 5.11. The van der Waals surface area contributed by atoms with Gasteiger partial charge >= 0.3 is 5.97 Å². The van der Waals surface area contributed by atoms with Gasteiger partial charge in [-0.3, -0.25) is 9.59 Å². The average molecular weight is 308 g/mol. The Hall–Kier alpha value is -2.07. The van der Waals surface area contributed by atoms with E-state index in [9.17, 15) is 26.8 Å². The minimum absolute atomic E-state index is 0.455. The molecule has 0 heterocycles. The summed E-state index contributed by atoms with van der Waals surface area (Å²) >= 11 is 0. The molecule has 0 saturated carbocycles. The Morgan fingerprint density at radius 2 is 1.75 bits per heavy atom. The molecule has 0 aromatic heterocycles. The first kappa shape index (κ1) is 16.0. The first-order valence-corrected chi connectivity index (χ1v) is 6.59. The third-order valence-electron chi connectivity index (χ3n) is 2.15. The Labute approximate surface area is 112 Å². The van der Waals surface area contributed by atoms with Crippen LogP contribution in [0.2, 0.25) is 0 Å². The highest BCUT2D eigenvalue weighted by atomic mass is 32.2. The van der Waals surface area contributed by atoms with Crippen LogP contribution in [0.1, 0.15) is 6.42 Å². The first-order chi connectivity index (χ1) is 9.11. The number of benzene rings is 1. The fourth-order valence-electron chi connectivity index (χ4n) is 1.32. The van der Waals surface area contributed by atoms with Gasteiger partial charge in [0.15, 0.2) is 0 Å². The highest BCUT2D eigenvalue weighted by Gasteiger charge is 2.27. The van der Waals surface area contributed by atoms with Gasteiger partial charge in [0.1, 0.15) is 17.7 Å². The molecule has 0 aliphatic rings. The van der Waals surface area contributed by atoms with Crippen LogP contribution in [0.15, 0.2) is 23.1 Å². The number of sulfonamides is 1. The predicted molar refractivity (Wildman–Crippen MR) is 61.9 cm³/mol. The van der Waals surface area contributed by atoms with E-state index in [1.54, 1.807) is 4.72 Å². The van der Waals surface area contributed by atoms with E-state index in [0.29, 0.717) is 18.2 Å². The van der Waals surface area contributed by atoms with E-state index < -0.39 is 50.9 Å². The minimum Gasteiger partial charge on any atom is -0.480 e. The van der Waals surface area contributed by atoms with Gasteiger partial charge in [-0.25, -0.2) is 17.2 Å². The summed E-state index contributed by atoms with van der Waals surface area (Å²) in [6.07, 6.45) is -0.799. The number of carbonyl (C=O) groups is 2. The maximum absolute atomic E-state index is 12.9. The number of primary amides is 1. The van der Waals surface area contributed by atoms with Crippen molar-refractivity contribution in [1.29, 1.82) is 0 Å². The number of hydrogen-bond acceptors (Lipinski definition) is 4. The van der Waals surface area contributed by atoms with Crippen molar-refractivity contribution in [3.05, 3.63) is 29.8 Å². The molecule has 20 heavy (non-hydrogen) atoms.